The van der Waals surface area contributed by atoms with Gasteiger partial charge >= 0.3 is 0 Å². The standard InChI is InChI=1S/C25H21NO3/c1-28-19-12-13-21(25(16-19)29-2)24(27)15-18-14-23(17-8-4-3-5-9-17)26-22-11-7-6-10-20(18)22/h3-14,16H,15H2,1-2H3. The van der Waals surface area contributed by atoms with E-state index >= 15 is 0 Å². The Bertz CT molecular complexity index is 1170. The summed E-state index contributed by atoms with van der Waals surface area (Å²) in [5, 5.41) is 0.980. The molecule has 4 aromatic rings. The fourth-order valence-electron chi connectivity index (χ4n) is 3.45. The molecule has 0 bridgehead atoms. The van der Waals surface area contributed by atoms with Crippen molar-refractivity contribution in [1.82, 2.24) is 4.98 Å². The summed E-state index contributed by atoms with van der Waals surface area (Å²) in [6, 6.07) is 25.2. The first-order valence-corrected chi connectivity index (χ1v) is 9.39. The van der Waals surface area contributed by atoms with Gasteiger partial charge in [0, 0.05) is 23.4 Å². The first-order chi connectivity index (χ1) is 14.2. The summed E-state index contributed by atoms with van der Waals surface area (Å²) >= 11 is 0. The topological polar surface area (TPSA) is 48.4 Å². The molecule has 4 rings (SSSR count). The number of rotatable bonds is 6. The Labute approximate surface area is 169 Å². The summed E-state index contributed by atoms with van der Waals surface area (Å²) in [5.74, 6) is 1.15. The number of nitrogens with zero attached hydrogens (tertiary/aromatic N) is 1. The predicted molar refractivity (Wildman–Crippen MR) is 115 cm³/mol. The van der Waals surface area contributed by atoms with E-state index in [2.05, 4.69) is 0 Å². The van der Waals surface area contributed by atoms with E-state index in [1.54, 1.807) is 32.4 Å². The molecule has 0 spiro atoms. The van der Waals surface area contributed by atoms with Crippen molar-refractivity contribution in [3.05, 3.63) is 90.0 Å². The molecule has 1 heterocycles. The minimum absolute atomic E-state index is 0.0140. The molecule has 4 nitrogen and oxygen atoms in total. The maximum atomic E-state index is 13.1. The molecule has 0 N–H and O–H groups in total. The van der Waals surface area contributed by atoms with Gasteiger partial charge in [0.1, 0.15) is 11.5 Å². The van der Waals surface area contributed by atoms with E-state index in [9.17, 15) is 4.79 Å². The normalized spacial score (nSPS) is 10.7. The van der Waals surface area contributed by atoms with Gasteiger partial charge in [-0.2, -0.15) is 0 Å². The van der Waals surface area contributed by atoms with E-state index in [-0.39, 0.29) is 12.2 Å². The van der Waals surface area contributed by atoms with E-state index in [1.165, 1.54) is 0 Å². The monoisotopic (exact) mass is 383 g/mol. The van der Waals surface area contributed by atoms with Crippen molar-refractivity contribution >= 4 is 16.7 Å². The smallest absolute Gasteiger partial charge is 0.170 e. The Hall–Kier alpha value is -3.66. The summed E-state index contributed by atoms with van der Waals surface area (Å²) in [6.45, 7) is 0. The predicted octanol–water partition coefficient (Wildman–Crippen LogP) is 5.34. The van der Waals surface area contributed by atoms with Gasteiger partial charge in [0.2, 0.25) is 0 Å². The maximum absolute atomic E-state index is 13.1. The number of hydrogen-bond acceptors (Lipinski definition) is 4. The number of carbonyl (C=O) groups excluding carboxylic acids is 1. The molecular formula is C25H21NO3. The van der Waals surface area contributed by atoms with Crippen LogP contribution < -0.4 is 9.47 Å². The fourth-order valence-corrected chi connectivity index (χ4v) is 3.45. The second kappa shape index (κ2) is 8.15. The number of aromatic nitrogens is 1. The number of pyridine rings is 1. The van der Waals surface area contributed by atoms with Crippen molar-refractivity contribution < 1.29 is 14.3 Å². The Morgan fingerprint density at radius 2 is 1.62 bits per heavy atom. The molecule has 0 amide bonds. The van der Waals surface area contributed by atoms with Gasteiger partial charge < -0.3 is 9.47 Å². The molecule has 0 fully saturated rings. The highest BCUT2D eigenvalue weighted by Crippen LogP contribution is 2.29. The summed E-state index contributed by atoms with van der Waals surface area (Å²) in [4.78, 5) is 17.9. The van der Waals surface area contributed by atoms with Crippen LogP contribution in [0.25, 0.3) is 22.2 Å². The van der Waals surface area contributed by atoms with Gasteiger partial charge in [-0.1, -0.05) is 48.5 Å². The summed E-state index contributed by atoms with van der Waals surface area (Å²) < 4.78 is 10.6. The highest BCUT2D eigenvalue weighted by molar-refractivity contribution is 6.02. The van der Waals surface area contributed by atoms with Gasteiger partial charge in [0.25, 0.3) is 0 Å². The highest BCUT2D eigenvalue weighted by atomic mass is 16.5. The van der Waals surface area contributed by atoms with Crippen molar-refractivity contribution in [1.29, 1.82) is 0 Å². The van der Waals surface area contributed by atoms with Crippen LogP contribution >= 0.6 is 0 Å². The number of fused-ring (bicyclic) bond motifs is 1. The van der Waals surface area contributed by atoms with Crippen molar-refractivity contribution in [2.24, 2.45) is 0 Å². The van der Waals surface area contributed by atoms with Crippen LogP contribution in [0.2, 0.25) is 0 Å². The lowest BCUT2D eigenvalue weighted by Gasteiger charge is -2.12. The zero-order chi connectivity index (χ0) is 20.2. The molecule has 0 atom stereocenters. The van der Waals surface area contributed by atoms with Gasteiger partial charge in [-0.15, -0.1) is 0 Å². The third-order valence-corrected chi connectivity index (χ3v) is 4.93. The average molecular weight is 383 g/mol. The van der Waals surface area contributed by atoms with Crippen molar-refractivity contribution in [2.45, 2.75) is 6.42 Å². The molecule has 0 aliphatic heterocycles. The number of Topliss-reactive ketones (excluding diaryl/α,β-unsaturated/α-hetero) is 1. The SMILES string of the molecule is COc1ccc(C(=O)Cc2cc(-c3ccccc3)nc3ccccc23)c(OC)c1. The molecule has 0 saturated heterocycles. The van der Waals surface area contributed by atoms with Crippen molar-refractivity contribution in [3.63, 3.8) is 0 Å². The summed E-state index contributed by atoms with van der Waals surface area (Å²) in [6.07, 6.45) is 0.256. The molecule has 0 aliphatic carbocycles. The molecule has 0 unspecified atom stereocenters. The molecule has 4 heteroatoms. The number of carbonyl (C=O) groups is 1. The Morgan fingerprint density at radius 3 is 2.38 bits per heavy atom. The minimum atomic E-state index is -0.0140. The summed E-state index contributed by atoms with van der Waals surface area (Å²) in [5.41, 5.74) is 4.23. The van der Waals surface area contributed by atoms with Gasteiger partial charge in [-0.3, -0.25) is 4.79 Å². The van der Waals surface area contributed by atoms with Crippen LogP contribution in [0.15, 0.2) is 78.9 Å². The first-order valence-electron chi connectivity index (χ1n) is 9.39. The molecule has 144 valence electrons. The molecule has 29 heavy (non-hydrogen) atoms. The van der Waals surface area contributed by atoms with E-state index < -0.39 is 0 Å². The Balaban J connectivity index is 1.77. The third-order valence-electron chi connectivity index (χ3n) is 4.93. The van der Waals surface area contributed by atoms with Crippen LogP contribution in [0.1, 0.15) is 15.9 Å². The number of hydrogen-bond donors (Lipinski definition) is 0. The molecule has 0 aliphatic rings. The molecule has 1 aromatic heterocycles. The number of benzene rings is 3. The fraction of sp³-hybridized carbons (Fsp3) is 0.120. The second-order valence-electron chi connectivity index (χ2n) is 6.72. The number of para-hydroxylation sites is 1. The largest absolute Gasteiger partial charge is 0.497 e. The van der Waals surface area contributed by atoms with E-state index in [0.29, 0.717) is 17.1 Å². The van der Waals surface area contributed by atoms with Gasteiger partial charge in [-0.05, 0) is 29.8 Å². The average Bonchev–Trinajstić information content (AvgIpc) is 2.79. The van der Waals surface area contributed by atoms with E-state index in [0.717, 1.165) is 27.7 Å². The van der Waals surface area contributed by atoms with Crippen molar-refractivity contribution in [3.8, 4) is 22.8 Å². The molecule has 3 aromatic carbocycles. The Kier molecular flexibility index (Phi) is 5.25. The van der Waals surface area contributed by atoms with E-state index in [4.69, 9.17) is 14.5 Å². The molecule has 0 saturated carbocycles. The van der Waals surface area contributed by atoms with E-state index in [1.807, 2.05) is 60.7 Å². The lowest BCUT2D eigenvalue weighted by molar-refractivity contribution is 0.0990. The lowest BCUT2D eigenvalue weighted by atomic mass is 9.97. The van der Waals surface area contributed by atoms with Crippen LogP contribution in [0.4, 0.5) is 0 Å². The van der Waals surface area contributed by atoms with Gasteiger partial charge in [0.05, 0.1) is 31.0 Å². The number of ether oxygens (including phenoxy) is 2. The molecular weight excluding hydrogens is 362 g/mol. The van der Waals surface area contributed by atoms with Crippen LogP contribution in [0.3, 0.4) is 0 Å². The van der Waals surface area contributed by atoms with Crippen LogP contribution in [-0.2, 0) is 6.42 Å². The first kappa shape index (κ1) is 18.7. The highest BCUT2D eigenvalue weighted by Gasteiger charge is 2.16. The van der Waals surface area contributed by atoms with Gasteiger partial charge in [-0.25, -0.2) is 4.98 Å². The zero-order valence-electron chi connectivity index (χ0n) is 16.4. The second-order valence-corrected chi connectivity index (χ2v) is 6.72. The Morgan fingerprint density at radius 1 is 0.862 bits per heavy atom. The van der Waals surface area contributed by atoms with Crippen LogP contribution in [-0.4, -0.2) is 25.0 Å². The van der Waals surface area contributed by atoms with Crippen LogP contribution in [0.5, 0.6) is 11.5 Å². The summed E-state index contributed by atoms with van der Waals surface area (Å²) in [7, 11) is 3.14. The number of methoxy groups -OCH3 is 2. The third kappa shape index (κ3) is 3.83. The lowest BCUT2D eigenvalue weighted by Crippen LogP contribution is -2.07. The van der Waals surface area contributed by atoms with Crippen LogP contribution in [0, 0.1) is 0 Å². The van der Waals surface area contributed by atoms with Gasteiger partial charge in [0.15, 0.2) is 5.78 Å². The quantitative estimate of drug-likeness (QED) is 0.422. The maximum Gasteiger partial charge on any atom is 0.170 e. The molecule has 0 radical (unpaired) electrons. The minimum Gasteiger partial charge on any atom is -0.497 e. The zero-order valence-corrected chi connectivity index (χ0v) is 16.4. The number of ketones is 1. The van der Waals surface area contributed by atoms with Crippen molar-refractivity contribution in [2.75, 3.05) is 14.2 Å².